The van der Waals surface area contributed by atoms with Crippen molar-refractivity contribution in [1.29, 1.82) is 0 Å². The van der Waals surface area contributed by atoms with Gasteiger partial charge in [-0.25, -0.2) is 0 Å². The minimum Gasteiger partial charge on any atom is -0.343 e. The quantitative estimate of drug-likeness (QED) is 0.655. The van der Waals surface area contributed by atoms with Crippen molar-refractivity contribution in [2.75, 3.05) is 26.7 Å². The molecular formula is C11H19N3O2. The highest BCUT2D eigenvalue weighted by Crippen LogP contribution is 2.19. The molecule has 2 N–H and O–H groups in total. The van der Waals surface area contributed by atoms with E-state index in [1.807, 2.05) is 0 Å². The molecule has 2 heterocycles. The molecule has 2 rings (SSSR count). The van der Waals surface area contributed by atoms with Gasteiger partial charge in [-0.2, -0.15) is 0 Å². The average Bonchev–Trinajstić information content (AvgIpc) is 2.27. The first-order valence-electron chi connectivity index (χ1n) is 5.92. The predicted octanol–water partition coefficient (Wildman–Crippen LogP) is -0.667. The molecule has 0 aliphatic carbocycles. The molecule has 0 aromatic rings. The predicted molar refractivity (Wildman–Crippen MR) is 59.8 cm³/mol. The van der Waals surface area contributed by atoms with Crippen LogP contribution in [0.2, 0.25) is 0 Å². The summed E-state index contributed by atoms with van der Waals surface area (Å²) in [6, 6.07) is -0.297. The van der Waals surface area contributed by atoms with E-state index < -0.39 is 0 Å². The smallest absolute Gasteiger partial charge is 0.245 e. The maximum Gasteiger partial charge on any atom is 0.245 e. The van der Waals surface area contributed by atoms with Crippen LogP contribution in [-0.4, -0.2) is 49.4 Å². The Kier molecular flexibility index (Phi) is 3.43. The first-order valence-corrected chi connectivity index (χ1v) is 5.92. The zero-order valence-corrected chi connectivity index (χ0v) is 9.66. The number of carbonyl (C=O) groups is 2. The molecule has 0 spiro atoms. The Morgan fingerprint density at radius 2 is 2.00 bits per heavy atom. The minimum atomic E-state index is -0.297. The van der Waals surface area contributed by atoms with Crippen LogP contribution in [0.25, 0.3) is 0 Å². The molecule has 0 radical (unpaired) electrons. The van der Waals surface area contributed by atoms with Gasteiger partial charge in [0.1, 0.15) is 6.04 Å². The van der Waals surface area contributed by atoms with Crippen molar-refractivity contribution in [2.24, 2.45) is 5.92 Å². The molecule has 2 fully saturated rings. The number of rotatable bonds is 2. The summed E-state index contributed by atoms with van der Waals surface area (Å²) < 4.78 is 0. The van der Waals surface area contributed by atoms with Gasteiger partial charge in [-0.15, -0.1) is 0 Å². The van der Waals surface area contributed by atoms with Crippen LogP contribution in [0.5, 0.6) is 0 Å². The van der Waals surface area contributed by atoms with Crippen molar-refractivity contribution in [3.8, 4) is 0 Å². The first-order chi connectivity index (χ1) is 7.66. The molecule has 2 saturated heterocycles. The van der Waals surface area contributed by atoms with Crippen molar-refractivity contribution >= 4 is 11.8 Å². The summed E-state index contributed by atoms with van der Waals surface area (Å²) in [5.41, 5.74) is 0. The maximum absolute atomic E-state index is 11.8. The van der Waals surface area contributed by atoms with Gasteiger partial charge < -0.3 is 15.5 Å². The number of carbonyl (C=O) groups excluding carboxylic acids is 2. The lowest BCUT2D eigenvalue weighted by Gasteiger charge is -2.33. The third kappa shape index (κ3) is 2.52. The molecule has 2 amide bonds. The molecule has 1 atom stereocenters. The van der Waals surface area contributed by atoms with Gasteiger partial charge >= 0.3 is 0 Å². The largest absolute Gasteiger partial charge is 0.343 e. The Hall–Kier alpha value is -1.10. The third-order valence-electron chi connectivity index (χ3n) is 3.42. The zero-order chi connectivity index (χ0) is 11.5. The highest BCUT2D eigenvalue weighted by molar-refractivity contribution is 5.94. The number of piperazine rings is 1. The summed E-state index contributed by atoms with van der Waals surface area (Å²) in [4.78, 5) is 24.7. The number of nitrogens with one attached hydrogen (secondary N) is 2. The number of likely N-dealkylation sites (N-methyl/N-ethyl adjacent to an activating group) is 1. The maximum atomic E-state index is 11.8. The molecule has 0 aromatic carbocycles. The van der Waals surface area contributed by atoms with Crippen LogP contribution in [-0.2, 0) is 9.59 Å². The third-order valence-corrected chi connectivity index (χ3v) is 3.42. The molecule has 2 aliphatic rings. The Bertz CT molecular complexity index is 287. The van der Waals surface area contributed by atoms with E-state index in [1.165, 1.54) is 4.90 Å². The van der Waals surface area contributed by atoms with Crippen LogP contribution >= 0.6 is 0 Å². The topological polar surface area (TPSA) is 61.4 Å². The highest BCUT2D eigenvalue weighted by atomic mass is 16.2. The van der Waals surface area contributed by atoms with Crippen LogP contribution in [0.1, 0.15) is 19.3 Å². The fourth-order valence-electron chi connectivity index (χ4n) is 2.47. The molecule has 2 aliphatic heterocycles. The Balaban J connectivity index is 1.91. The highest BCUT2D eigenvalue weighted by Gasteiger charge is 2.32. The second-order valence-electron chi connectivity index (χ2n) is 4.74. The van der Waals surface area contributed by atoms with Crippen LogP contribution in [0, 0.1) is 5.92 Å². The molecule has 0 aromatic heterocycles. The van der Waals surface area contributed by atoms with Crippen molar-refractivity contribution in [3.63, 3.8) is 0 Å². The van der Waals surface area contributed by atoms with Gasteiger partial charge in [-0.3, -0.25) is 9.59 Å². The summed E-state index contributed by atoms with van der Waals surface area (Å²) >= 11 is 0. The lowest BCUT2D eigenvalue weighted by atomic mass is 9.90. The summed E-state index contributed by atoms with van der Waals surface area (Å²) in [5, 5.41) is 6.09. The number of hydrogen-bond acceptors (Lipinski definition) is 3. The number of hydrogen-bond donors (Lipinski definition) is 2. The van der Waals surface area contributed by atoms with Crippen molar-refractivity contribution < 1.29 is 9.59 Å². The normalized spacial score (nSPS) is 28.1. The number of nitrogens with zero attached hydrogens (tertiary/aromatic N) is 1. The molecular weight excluding hydrogens is 206 g/mol. The van der Waals surface area contributed by atoms with Crippen molar-refractivity contribution in [2.45, 2.75) is 25.3 Å². The van der Waals surface area contributed by atoms with E-state index in [0.717, 1.165) is 32.4 Å². The molecule has 16 heavy (non-hydrogen) atoms. The summed E-state index contributed by atoms with van der Waals surface area (Å²) in [6.07, 6.45) is 2.99. The summed E-state index contributed by atoms with van der Waals surface area (Å²) in [6.45, 7) is 2.24. The fourth-order valence-corrected chi connectivity index (χ4v) is 2.47. The average molecular weight is 225 g/mol. The molecule has 5 nitrogen and oxygen atoms in total. The van der Waals surface area contributed by atoms with E-state index in [2.05, 4.69) is 10.6 Å². The lowest BCUT2D eigenvalue weighted by molar-refractivity contribution is -0.143. The lowest BCUT2D eigenvalue weighted by Crippen LogP contribution is -2.57. The molecule has 90 valence electrons. The van der Waals surface area contributed by atoms with E-state index in [0.29, 0.717) is 5.92 Å². The number of piperidine rings is 1. The van der Waals surface area contributed by atoms with Gasteiger partial charge in [0.25, 0.3) is 0 Å². The molecule has 1 unspecified atom stereocenters. The van der Waals surface area contributed by atoms with Gasteiger partial charge in [0.05, 0.1) is 6.54 Å². The van der Waals surface area contributed by atoms with Gasteiger partial charge in [0.2, 0.25) is 11.8 Å². The number of amides is 2. The van der Waals surface area contributed by atoms with Crippen LogP contribution in [0.3, 0.4) is 0 Å². The fraction of sp³-hybridized carbons (Fsp3) is 0.818. The van der Waals surface area contributed by atoms with Crippen molar-refractivity contribution in [3.05, 3.63) is 0 Å². The van der Waals surface area contributed by atoms with E-state index >= 15 is 0 Å². The van der Waals surface area contributed by atoms with Gasteiger partial charge in [0.15, 0.2) is 0 Å². The van der Waals surface area contributed by atoms with Gasteiger partial charge in [0, 0.05) is 7.05 Å². The van der Waals surface area contributed by atoms with E-state index in [-0.39, 0.29) is 24.4 Å². The van der Waals surface area contributed by atoms with Crippen LogP contribution in [0.4, 0.5) is 0 Å². The molecule has 0 saturated carbocycles. The van der Waals surface area contributed by atoms with E-state index in [4.69, 9.17) is 0 Å². The molecule has 0 bridgehead atoms. The summed E-state index contributed by atoms with van der Waals surface area (Å²) in [7, 11) is 1.69. The second-order valence-corrected chi connectivity index (χ2v) is 4.74. The van der Waals surface area contributed by atoms with Gasteiger partial charge in [-0.1, -0.05) is 0 Å². The van der Waals surface area contributed by atoms with E-state index in [9.17, 15) is 9.59 Å². The first kappa shape index (κ1) is 11.4. The monoisotopic (exact) mass is 225 g/mol. The molecule has 5 heteroatoms. The SMILES string of the molecule is CN1CC(=O)NC(CC2CCNCC2)C1=O. The zero-order valence-electron chi connectivity index (χ0n) is 9.66. The van der Waals surface area contributed by atoms with Crippen LogP contribution in [0.15, 0.2) is 0 Å². The Labute approximate surface area is 95.6 Å². The summed E-state index contributed by atoms with van der Waals surface area (Å²) in [5.74, 6) is 0.571. The van der Waals surface area contributed by atoms with Gasteiger partial charge in [-0.05, 0) is 38.3 Å². The van der Waals surface area contributed by atoms with Crippen molar-refractivity contribution in [1.82, 2.24) is 15.5 Å². The Morgan fingerprint density at radius 1 is 1.31 bits per heavy atom. The minimum absolute atomic E-state index is 0.0407. The van der Waals surface area contributed by atoms with Crippen LogP contribution < -0.4 is 10.6 Å². The second kappa shape index (κ2) is 4.82. The Morgan fingerprint density at radius 3 is 2.69 bits per heavy atom. The standard InChI is InChI=1S/C11H19N3O2/c1-14-7-10(15)13-9(11(14)16)6-8-2-4-12-5-3-8/h8-9,12H,2-7H2,1H3,(H,13,15). The van der Waals surface area contributed by atoms with E-state index in [1.54, 1.807) is 7.05 Å².